The lowest BCUT2D eigenvalue weighted by molar-refractivity contribution is -0.141. The van der Waals surface area contributed by atoms with Gasteiger partial charge in [-0.3, -0.25) is 4.79 Å². The molecule has 1 heterocycles. The summed E-state index contributed by atoms with van der Waals surface area (Å²) in [6, 6.07) is -0.116. The van der Waals surface area contributed by atoms with E-state index in [1.807, 2.05) is 0 Å². The molecular weight excluding hydrogens is 244 g/mol. The normalized spacial score (nSPS) is 35.2. The molecule has 1 saturated heterocycles. The highest BCUT2D eigenvalue weighted by Gasteiger charge is 2.45. The Morgan fingerprint density at radius 2 is 2.00 bits per heavy atom. The summed E-state index contributed by atoms with van der Waals surface area (Å²) in [6.07, 6.45) is 2.23. The molecule has 2 rings (SSSR count). The summed E-state index contributed by atoms with van der Waals surface area (Å²) in [7, 11) is -3.49. The van der Waals surface area contributed by atoms with Crippen LogP contribution in [0.2, 0.25) is 0 Å². The Morgan fingerprint density at radius 3 is 2.53 bits per heavy atom. The number of nitrogens with zero attached hydrogens (tertiary/aromatic N) is 1. The molecule has 0 bridgehead atoms. The predicted molar refractivity (Wildman–Crippen MR) is 61.9 cm³/mol. The Kier molecular flexibility index (Phi) is 3.42. The van der Waals surface area contributed by atoms with E-state index in [9.17, 15) is 13.2 Å². The molecule has 7 heteroatoms. The third kappa shape index (κ3) is 2.31. The molecule has 3 unspecified atom stereocenters. The summed E-state index contributed by atoms with van der Waals surface area (Å²) in [6.45, 7) is 0.748. The maximum absolute atomic E-state index is 12.3. The Morgan fingerprint density at radius 1 is 1.29 bits per heavy atom. The minimum Gasteiger partial charge on any atom is -0.481 e. The van der Waals surface area contributed by atoms with Gasteiger partial charge in [-0.15, -0.1) is 0 Å². The zero-order chi connectivity index (χ0) is 12.6. The molecule has 0 aromatic heterocycles. The average Bonchev–Trinajstić information content (AvgIpc) is 2.84. The van der Waals surface area contributed by atoms with Gasteiger partial charge in [0.2, 0.25) is 10.0 Å². The Hall–Kier alpha value is -0.660. The van der Waals surface area contributed by atoms with Gasteiger partial charge in [0.1, 0.15) is 0 Å². The lowest BCUT2D eigenvalue weighted by Crippen LogP contribution is -2.42. The molecule has 0 spiro atoms. The summed E-state index contributed by atoms with van der Waals surface area (Å²) in [5.41, 5.74) is 5.69. The molecule has 98 valence electrons. The van der Waals surface area contributed by atoms with Crippen LogP contribution in [-0.2, 0) is 14.8 Å². The Labute approximate surface area is 101 Å². The van der Waals surface area contributed by atoms with Crippen LogP contribution in [0.4, 0.5) is 0 Å². The van der Waals surface area contributed by atoms with Crippen LogP contribution in [0.5, 0.6) is 0 Å². The summed E-state index contributed by atoms with van der Waals surface area (Å²) >= 11 is 0. The number of nitrogens with two attached hydrogens (primary N) is 1. The Balaban J connectivity index is 2.17. The van der Waals surface area contributed by atoms with Gasteiger partial charge >= 0.3 is 5.97 Å². The van der Waals surface area contributed by atoms with Gasteiger partial charge in [-0.25, -0.2) is 12.7 Å². The van der Waals surface area contributed by atoms with E-state index in [0.29, 0.717) is 38.8 Å². The number of carboxylic acids is 1. The molecule has 0 aromatic carbocycles. The molecular formula is C10H18N2O4S. The topological polar surface area (TPSA) is 101 Å². The number of carbonyl (C=O) groups is 1. The van der Waals surface area contributed by atoms with Gasteiger partial charge in [0.15, 0.2) is 0 Å². The first-order valence-corrected chi connectivity index (χ1v) is 7.40. The van der Waals surface area contributed by atoms with Crippen molar-refractivity contribution in [2.75, 3.05) is 13.1 Å². The van der Waals surface area contributed by atoms with Crippen LogP contribution in [0.3, 0.4) is 0 Å². The summed E-state index contributed by atoms with van der Waals surface area (Å²) < 4.78 is 26.0. The molecule has 2 aliphatic rings. The fourth-order valence-corrected chi connectivity index (χ4v) is 5.02. The lowest BCUT2D eigenvalue weighted by Gasteiger charge is -2.23. The van der Waals surface area contributed by atoms with E-state index in [-0.39, 0.29) is 6.04 Å². The zero-order valence-corrected chi connectivity index (χ0v) is 10.4. The number of sulfonamides is 1. The highest BCUT2D eigenvalue weighted by molar-refractivity contribution is 7.89. The van der Waals surface area contributed by atoms with Gasteiger partial charge in [0.05, 0.1) is 11.2 Å². The van der Waals surface area contributed by atoms with Crippen LogP contribution in [0, 0.1) is 5.92 Å². The molecule has 3 atom stereocenters. The standard InChI is InChI=1S/C10H18N2O4S/c11-7-4-5-12(6-7)17(15,16)9-3-1-2-8(9)10(13)14/h7-9H,1-6,11H2,(H,13,14). The van der Waals surface area contributed by atoms with Gasteiger partial charge in [-0.05, 0) is 19.3 Å². The van der Waals surface area contributed by atoms with Crippen molar-refractivity contribution >= 4 is 16.0 Å². The van der Waals surface area contributed by atoms with Gasteiger partial charge in [-0.2, -0.15) is 0 Å². The second kappa shape index (κ2) is 4.55. The van der Waals surface area contributed by atoms with E-state index >= 15 is 0 Å². The van der Waals surface area contributed by atoms with Crippen molar-refractivity contribution in [2.24, 2.45) is 11.7 Å². The fraction of sp³-hybridized carbons (Fsp3) is 0.900. The SMILES string of the molecule is NC1CCN(S(=O)(=O)C2CCCC2C(=O)O)C1. The van der Waals surface area contributed by atoms with E-state index < -0.39 is 27.2 Å². The van der Waals surface area contributed by atoms with E-state index in [2.05, 4.69) is 0 Å². The fourth-order valence-electron chi connectivity index (χ4n) is 2.74. The van der Waals surface area contributed by atoms with Crippen LogP contribution in [0.1, 0.15) is 25.7 Å². The van der Waals surface area contributed by atoms with E-state index in [1.54, 1.807) is 0 Å². The van der Waals surface area contributed by atoms with Gasteiger partial charge in [0, 0.05) is 19.1 Å². The highest BCUT2D eigenvalue weighted by Crippen LogP contribution is 2.34. The van der Waals surface area contributed by atoms with E-state index in [1.165, 1.54) is 4.31 Å². The van der Waals surface area contributed by atoms with Crippen molar-refractivity contribution in [2.45, 2.75) is 37.0 Å². The molecule has 1 saturated carbocycles. The summed E-state index contributed by atoms with van der Waals surface area (Å²) in [4.78, 5) is 11.0. The maximum Gasteiger partial charge on any atom is 0.307 e. The second-order valence-electron chi connectivity index (χ2n) is 4.87. The number of hydrogen-bond donors (Lipinski definition) is 2. The van der Waals surface area contributed by atoms with Crippen molar-refractivity contribution in [1.82, 2.24) is 4.31 Å². The van der Waals surface area contributed by atoms with Crippen molar-refractivity contribution < 1.29 is 18.3 Å². The quantitative estimate of drug-likeness (QED) is 0.721. The molecule has 0 radical (unpaired) electrons. The monoisotopic (exact) mass is 262 g/mol. The third-order valence-electron chi connectivity index (χ3n) is 3.70. The molecule has 17 heavy (non-hydrogen) atoms. The minimum atomic E-state index is -3.49. The number of aliphatic carboxylic acids is 1. The van der Waals surface area contributed by atoms with Crippen LogP contribution in [-0.4, -0.2) is 48.2 Å². The number of carboxylic acid groups (broad SMARTS) is 1. The molecule has 6 nitrogen and oxygen atoms in total. The second-order valence-corrected chi connectivity index (χ2v) is 7.02. The van der Waals surface area contributed by atoms with E-state index in [0.717, 1.165) is 0 Å². The molecule has 2 fully saturated rings. The minimum absolute atomic E-state index is 0.116. The van der Waals surface area contributed by atoms with Crippen molar-refractivity contribution in [1.29, 1.82) is 0 Å². The molecule has 0 amide bonds. The third-order valence-corrected chi connectivity index (χ3v) is 6.08. The highest BCUT2D eigenvalue weighted by atomic mass is 32.2. The summed E-state index contributed by atoms with van der Waals surface area (Å²) in [5.74, 6) is -1.75. The largest absolute Gasteiger partial charge is 0.481 e. The van der Waals surface area contributed by atoms with Crippen molar-refractivity contribution in [3.8, 4) is 0 Å². The lowest BCUT2D eigenvalue weighted by atomic mass is 10.1. The first-order chi connectivity index (χ1) is 7.93. The molecule has 0 aromatic rings. The van der Waals surface area contributed by atoms with Crippen molar-refractivity contribution in [3.63, 3.8) is 0 Å². The van der Waals surface area contributed by atoms with Gasteiger partial charge in [-0.1, -0.05) is 6.42 Å². The van der Waals surface area contributed by atoms with Crippen LogP contribution >= 0.6 is 0 Å². The number of hydrogen-bond acceptors (Lipinski definition) is 4. The first-order valence-electron chi connectivity index (χ1n) is 5.90. The molecule has 1 aliphatic carbocycles. The average molecular weight is 262 g/mol. The predicted octanol–water partition coefficient (Wildman–Crippen LogP) is -0.397. The van der Waals surface area contributed by atoms with Crippen LogP contribution in [0.25, 0.3) is 0 Å². The van der Waals surface area contributed by atoms with Gasteiger partial charge < -0.3 is 10.8 Å². The van der Waals surface area contributed by atoms with Crippen LogP contribution < -0.4 is 5.73 Å². The number of rotatable bonds is 3. The van der Waals surface area contributed by atoms with Gasteiger partial charge in [0.25, 0.3) is 0 Å². The van der Waals surface area contributed by atoms with E-state index in [4.69, 9.17) is 10.8 Å². The summed E-state index contributed by atoms with van der Waals surface area (Å²) in [5, 5.41) is 8.28. The maximum atomic E-state index is 12.3. The zero-order valence-electron chi connectivity index (χ0n) is 9.58. The van der Waals surface area contributed by atoms with Crippen LogP contribution in [0.15, 0.2) is 0 Å². The first kappa shape index (κ1) is 12.8. The van der Waals surface area contributed by atoms with Crippen molar-refractivity contribution in [3.05, 3.63) is 0 Å². The Bertz CT molecular complexity index is 409. The smallest absolute Gasteiger partial charge is 0.307 e. The molecule has 3 N–H and O–H groups in total. The molecule has 1 aliphatic heterocycles.